The average Bonchev–Trinajstić information content (AvgIpc) is 3.10. The van der Waals surface area contributed by atoms with Gasteiger partial charge in [0.1, 0.15) is 11.5 Å². The quantitative estimate of drug-likeness (QED) is 0.461. The van der Waals surface area contributed by atoms with Crippen molar-refractivity contribution >= 4 is 18.1 Å². The molecule has 2 aromatic heterocycles. The zero-order chi connectivity index (χ0) is 19.8. The lowest BCUT2D eigenvalue weighted by Crippen LogP contribution is -2.25. The van der Waals surface area contributed by atoms with Crippen molar-refractivity contribution in [3.05, 3.63) is 71.3 Å². The topological polar surface area (TPSA) is 102 Å². The van der Waals surface area contributed by atoms with E-state index < -0.39 is 5.91 Å². The highest BCUT2D eigenvalue weighted by Crippen LogP contribution is 2.13. The molecule has 0 aliphatic carbocycles. The molecule has 0 saturated heterocycles. The monoisotopic (exact) mass is 379 g/mol. The summed E-state index contributed by atoms with van der Waals surface area (Å²) >= 11 is 0. The number of hydrazone groups is 1. The van der Waals surface area contributed by atoms with Crippen molar-refractivity contribution in [2.24, 2.45) is 5.10 Å². The fourth-order valence-corrected chi connectivity index (χ4v) is 2.33. The van der Waals surface area contributed by atoms with E-state index in [2.05, 4.69) is 25.8 Å². The van der Waals surface area contributed by atoms with E-state index in [0.29, 0.717) is 24.1 Å². The first-order chi connectivity index (χ1) is 13.6. The Kier molecular flexibility index (Phi) is 6.35. The number of nitrogens with one attached hydrogen (secondary N) is 2. The van der Waals surface area contributed by atoms with Gasteiger partial charge in [-0.15, -0.1) is 0 Å². The van der Waals surface area contributed by atoms with E-state index in [4.69, 9.17) is 9.15 Å². The molecular formula is C20H21N5O3. The zero-order valence-electron chi connectivity index (χ0n) is 15.7. The fraction of sp³-hybridized carbons (Fsp3) is 0.200. The minimum Gasteiger partial charge on any atom is -0.467 e. The van der Waals surface area contributed by atoms with Gasteiger partial charge in [0, 0.05) is 18.3 Å². The van der Waals surface area contributed by atoms with Gasteiger partial charge in [0.05, 0.1) is 6.21 Å². The second-order valence-corrected chi connectivity index (χ2v) is 6.04. The van der Waals surface area contributed by atoms with Crippen LogP contribution in [0.1, 0.15) is 22.8 Å². The minimum absolute atomic E-state index is 0.219. The molecule has 1 aromatic carbocycles. The average molecular weight is 379 g/mol. The van der Waals surface area contributed by atoms with Crippen LogP contribution in [0.3, 0.4) is 0 Å². The van der Waals surface area contributed by atoms with Crippen LogP contribution in [0.25, 0.3) is 0 Å². The van der Waals surface area contributed by atoms with Crippen molar-refractivity contribution in [2.45, 2.75) is 20.4 Å². The summed E-state index contributed by atoms with van der Waals surface area (Å²) < 4.78 is 10.8. The number of benzene rings is 1. The van der Waals surface area contributed by atoms with Gasteiger partial charge in [-0.25, -0.2) is 10.4 Å². The van der Waals surface area contributed by atoms with Crippen LogP contribution in [-0.2, 0) is 11.3 Å². The molecular weight excluding hydrogens is 358 g/mol. The van der Waals surface area contributed by atoms with Crippen molar-refractivity contribution in [1.29, 1.82) is 0 Å². The predicted molar refractivity (Wildman–Crippen MR) is 105 cm³/mol. The Labute approximate surface area is 162 Å². The van der Waals surface area contributed by atoms with E-state index in [0.717, 1.165) is 17.0 Å². The summed E-state index contributed by atoms with van der Waals surface area (Å²) in [5.74, 6) is 1.66. The van der Waals surface area contributed by atoms with E-state index in [9.17, 15) is 4.79 Å². The van der Waals surface area contributed by atoms with Crippen molar-refractivity contribution in [3.63, 3.8) is 0 Å². The van der Waals surface area contributed by atoms with Gasteiger partial charge in [-0.3, -0.25) is 4.79 Å². The van der Waals surface area contributed by atoms with E-state index in [1.54, 1.807) is 12.1 Å². The lowest BCUT2D eigenvalue weighted by molar-refractivity contribution is -0.123. The van der Waals surface area contributed by atoms with E-state index in [-0.39, 0.29) is 6.61 Å². The van der Waals surface area contributed by atoms with Gasteiger partial charge in [0.15, 0.2) is 6.61 Å². The summed E-state index contributed by atoms with van der Waals surface area (Å²) in [5.41, 5.74) is 4.21. The van der Waals surface area contributed by atoms with E-state index in [1.165, 1.54) is 6.21 Å². The maximum atomic E-state index is 11.9. The van der Waals surface area contributed by atoms with Crippen molar-refractivity contribution in [3.8, 4) is 5.88 Å². The first kappa shape index (κ1) is 19.1. The molecule has 3 aromatic rings. The summed E-state index contributed by atoms with van der Waals surface area (Å²) in [5, 5.41) is 6.97. The standard InChI is InChI=1S/C20H21N5O3/c1-14-10-19(24-20(23-14)21-11-16-6-4-3-5-7-16)27-13-18(26)25-22-12-17-9-8-15(2)28-17/h3-10,12H,11,13H2,1-2H3,(H,25,26)(H,21,23,24). The third-order valence-electron chi connectivity index (χ3n) is 3.62. The number of ether oxygens (including phenoxy) is 1. The summed E-state index contributed by atoms with van der Waals surface area (Å²) in [6.07, 6.45) is 1.42. The third-order valence-corrected chi connectivity index (χ3v) is 3.62. The van der Waals surface area contributed by atoms with Crippen LogP contribution in [0.4, 0.5) is 5.95 Å². The number of nitrogens with zero attached hydrogens (tertiary/aromatic N) is 3. The van der Waals surface area contributed by atoms with Crippen LogP contribution in [-0.4, -0.2) is 28.7 Å². The summed E-state index contributed by atoms with van der Waals surface area (Å²) in [7, 11) is 0. The maximum absolute atomic E-state index is 11.9. The normalized spacial score (nSPS) is 10.8. The molecule has 0 atom stereocenters. The Morgan fingerprint density at radius 3 is 2.75 bits per heavy atom. The number of rotatable bonds is 8. The molecule has 0 fully saturated rings. The number of hydrogen-bond donors (Lipinski definition) is 2. The van der Waals surface area contributed by atoms with Crippen LogP contribution in [0.5, 0.6) is 5.88 Å². The van der Waals surface area contributed by atoms with Gasteiger partial charge >= 0.3 is 0 Å². The number of hydrogen-bond acceptors (Lipinski definition) is 7. The summed E-state index contributed by atoms with van der Waals surface area (Å²) in [4.78, 5) is 20.5. The van der Waals surface area contributed by atoms with Gasteiger partial charge in [-0.05, 0) is 31.5 Å². The molecule has 8 nitrogen and oxygen atoms in total. The SMILES string of the molecule is Cc1cc(OCC(=O)NN=Cc2ccc(C)o2)nc(NCc2ccccc2)n1. The van der Waals surface area contributed by atoms with Crippen molar-refractivity contribution in [2.75, 3.05) is 11.9 Å². The molecule has 28 heavy (non-hydrogen) atoms. The number of furan rings is 1. The molecule has 0 bridgehead atoms. The summed E-state index contributed by atoms with van der Waals surface area (Å²) in [6, 6.07) is 15.2. The Balaban J connectivity index is 1.50. The summed E-state index contributed by atoms with van der Waals surface area (Å²) in [6.45, 7) is 4.03. The third kappa shape index (κ3) is 5.94. The smallest absolute Gasteiger partial charge is 0.278 e. The molecule has 144 valence electrons. The second-order valence-electron chi connectivity index (χ2n) is 6.04. The number of amides is 1. The zero-order valence-corrected chi connectivity index (χ0v) is 15.7. The van der Waals surface area contributed by atoms with Crippen LogP contribution in [0, 0.1) is 13.8 Å². The molecule has 2 heterocycles. The van der Waals surface area contributed by atoms with Crippen molar-refractivity contribution < 1.29 is 13.9 Å². The van der Waals surface area contributed by atoms with Gasteiger partial charge in [-0.1, -0.05) is 30.3 Å². The highest BCUT2D eigenvalue weighted by atomic mass is 16.5. The lowest BCUT2D eigenvalue weighted by atomic mass is 10.2. The number of anilines is 1. The molecule has 8 heteroatoms. The fourth-order valence-electron chi connectivity index (χ4n) is 2.33. The van der Waals surface area contributed by atoms with E-state index in [1.807, 2.05) is 50.2 Å². The lowest BCUT2D eigenvalue weighted by Gasteiger charge is -2.09. The molecule has 0 aliphatic rings. The molecule has 0 unspecified atom stereocenters. The molecule has 0 spiro atoms. The first-order valence-electron chi connectivity index (χ1n) is 8.73. The van der Waals surface area contributed by atoms with Gasteiger partial charge < -0.3 is 14.5 Å². The number of aryl methyl sites for hydroxylation is 2. The van der Waals surface area contributed by atoms with Crippen LogP contribution in [0.2, 0.25) is 0 Å². The molecule has 3 rings (SSSR count). The molecule has 2 N–H and O–H groups in total. The number of aromatic nitrogens is 2. The second kappa shape index (κ2) is 9.31. The van der Waals surface area contributed by atoms with Crippen LogP contribution >= 0.6 is 0 Å². The Bertz CT molecular complexity index is 953. The minimum atomic E-state index is -0.408. The number of carbonyl (C=O) groups is 1. The number of carbonyl (C=O) groups excluding carboxylic acids is 1. The maximum Gasteiger partial charge on any atom is 0.278 e. The Morgan fingerprint density at radius 2 is 2.00 bits per heavy atom. The Morgan fingerprint density at radius 1 is 1.18 bits per heavy atom. The van der Waals surface area contributed by atoms with Gasteiger partial charge in [0.25, 0.3) is 5.91 Å². The predicted octanol–water partition coefficient (Wildman–Crippen LogP) is 2.83. The van der Waals surface area contributed by atoms with Gasteiger partial charge in [-0.2, -0.15) is 10.1 Å². The Hall–Kier alpha value is -3.68. The first-order valence-corrected chi connectivity index (χ1v) is 8.73. The van der Waals surface area contributed by atoms with Crippen LogP contribution < -0.4 is 15.5 Å². The molecule has 0 aliphatic heterocycles. The largest absolute Gasteiger partial charge is 0.467 e. The molecule has 0 radical (unpaired) electrons. The van der Waals surface area contributed by atoms with E-state index >= 15 is 0 Å². The highest BCUT2D eigenvalue weighted by Gasteiger charge is 2.06. The van der Waals surface area contributed by atoms with Crippen LogP contribution in [0.15, 0.2) is 58.0 Å². The van der Waals surface area contributed by atoms with Crippen molar-refractivity contribution in [1.82, 2.24) is 15.4 Å². The molecule has 0 saturated carbocycles. The van der Waals surface area contributed by atoms with Gasteiger partial charge in [0.2, 0.25) is 11.8 Å². The highest BCUT2D eigenvalue weighted by molar-refractivity contribution is 5.81. The molecule has 1 amide bonds.